The summed E-state index contributed by atoms with van der Waals surface area (Å²) in [7, 11) is 0.783. The number of halogens is 5. The van der Waals surface area contributed by atoms with E-state index in [4.69, 9.17) is 16.3 Å². The minimum Gasteiger partial charge on any atom is -0.459 e. The number of alkyl halides is 3. The predicted octanol–water partition coefficient (Wildman–Crippen LogP) is 3.25. The fourth-order valence-electron chi connectivity index (χ4n) is 3.15. The van der Waals surface area contributed by atoms with Crippen LogP contribution in [-0.2, 0) is 27.5 Å². The van der Waals surface area contributed by atoms with E-state index in [1.807, 2.05) is 0 Å². The Morgan fingerprint density at radius 1 is 1.17 bits per heavy atom. The summed E-state index contributed by atoms with van der Waals surface area (Å²) in [4.78, 5) is 54.6. The molecule has 3 rings (SSSR count). The van der Waals surface area contributed by atoms with Gasteiger partial charge in [0.2, 0.25) is 5.91 Å². The van der Waals surface area contributed by atoms with Gasteiger partial charge in [-0.3, -0.25) is 23.9 Å². The number of ether oxygens (including phenoxy) is 1. The largest absolute Gasteiger partial charge is 0.459 e. The summed E-state index contributed by atoms with van der Waals surface area (Å²) in [6, 6.07) is 1.77. The van der Waals surface area contributed by atoms with Crippen molar-refractivity contribution in [1.82, 2.24) is 14.0 Å². The van der Waals surface area contributed by atoms with Crippen LogP contribution in [0, 0.1) is 5.82 Å². The molecule has 1 amide bonds. The van der Waals surface area contributed by atoms with Crippen LogP contribution in [0.4, 0.5) is 23.2 Å². The molecule has 1 aliphatic heterocycles. The van der Waals surface area contributed by atoms with Gasteiger partial charge in [-0.1, -0.05) is 23.4 Å². The highest BCUT2D eigenvalue weighted by atomic mass is 35.5. The highest BCUT2D eigenvalue weighted by Gasteiger charge is 2.35. The van der Waals surface area contributed by atoms with Gasteiger partial charge in [-0.2, -0.15) is 13.2 Å². The van der Waals surface area contributed by atoms with Crippen LogP contribution in [0.3, 0.4) is 0 Å². The van der Waals surface area contributed by atoms with Crippen molar-refractivity contribution in [2.24, 2.45) is 12.0 Å². The Kier molecular flexibility index (Phi) is 7.42. The lowest BCUT2D eigenvalue weighted by molar-refractivity contribution is -0.156. The number of carbonyl (C=O) groups excluding carboxylic acids is 2. The standard InChI is InChI=1S/C21H19ClF4N4O5S/c1-20(2,3)35-17(33)8-29-16(32)9-36-18(29)27-12-6-13(11(23)5-10(12)22)30-15(31)7-14(21(24,25)26)28(4)19(30)34/h5-7H,8-9H2,1-4H3. The number of rotatable bonds is 4. The number of amides is 1. The summed E-state index contributed by atoms with van der Waals surface area (Å²) >= 11 is 7.02. The van der Waals surface area contributed by atoms with Crippen molar-refractivity contribution in [3.05, 3.63) is 55.6 Å². The molecule has 1 fully saturated rings. The zero-order chi connectivity index (χ0) is 27.2. The van der Waals surface area contributed by atoms with E-state index in [2.05, 4.69) is 4.99 Å². The maximum absolute atomic E-state index is 14.7. The number of hydrogen-bond acceptors (Lipinski definition) is 7. The van der Waals surface area contributed by atoms with Gasteiger partial charge in [0.1, 0.15) is 23.7 Å². The van der Waals surface area contributed by atoms with E-state index < -0.39 is 58.6 Å². The highest BCUT2D eigenvalue weighted by Crippen LogP contribution is 2.33. The average molecular weight is 551 g/mol. The van der Waals surface area contributed by atoms with Gasteiger partial charge in [0.15, 0.2) is 5.17 Å². The number of benzene rings is 1. The third-order valence-corrected chi connectivity index (χ3v) is 5.91. The van der Waals surface area contributed by atoms with Crippen LogP contribution in [0.1, 0.15) is 26.5 Å². The lowest BCUT2D eigenvalue weighted by Gasteiger charge is -2.22. The second-order valence-corrected chi connectivity index (χ2v) is 9.90. The number of hydrogen-bond donors (Lipinski definition) is 0. The van der Waals surface area contributed by atoms with E-state index >= 15 is 0 Å². The second-order valence-electron chi connectivity index (χ2n) is 8.55. The molecule has 0 unspecified atom stereocenters. The molecule has 0 spiro atoms. The van der Waals surface area contributed by atoms with Crippen LogP contribution in [0.15, 0.2) is 32.8 Å². The van der Waals surface area contributed by atoms with Crippen molar-refractivity contribution in [2.45, 2.75) is 32.5 Å². The number of esters is 1. The molecule has 0 radical (unpaired) electrons. The predicted molar refractivity (Wildman–Crippen MR) is 124 cm³/mol. The van der Waals surface area contributed by atoms with Crippen LogP contribution in [-0.4, -0.2) is 49.0 Å². The van der Waals surface area contributed by atoms with Gasteiger partial charge in [-0.25, -0.2) is 18.7 Å². The van der Waals surface area contributed by atoms with Gasteiger partial charge in [-0.15, -0.1) is 0 Å². The van der Waals surface area contributed by atoms with Gasteiger partial charge in [0.05, 0.1) is 22.2 Å². The maximum atomic E-state index is 14.7. The first-order valence-electron chi connectivity index (χ1n) is 10.1. The summed E-state index contributed by atoms with van der Waals surface area (Å²) in [6.45, 7) is 4.47. The molecule has 0 bridgehead atoms. The third kappa shape index (κ3) is 5.81. The molecule has 1 aromatic carbocycles. The van der Waals surface area contributed by atoms with E-state index in [1.165, 1.54) is 0 Å². The lowest BCUT2D eigenvalue weighted by atomic mass is 10.2. The van der Waals surface area contributed by atoms with Crippen LogP contribution in [0.25, 0.3) is 5.69 Å². The van der Waals surface area contributed by atoms with E-state index in [9.17, 15) is 36.7 Å². The fraction of sp³-hybridized carbons (Fsp3) is 0.381. The van der Waals surface area contributed by atoms with Crippen molar-refractivity contribution in [3.8, 4) is 5.69 Å². The first-order valence-corrected chi connectivity index (χ1v) is 11.5. The Labute approximate surface area is 210 Å². The number of aliphatic imine (C=N–C) groups is 1. The minimum absolute atomic E-state index is 0.0120. The Morgan fingerprint density at radius 3 is 2.39 bits per heavy atom. The number of amidine groups is 1. The summed E-state index contributed by atoms with van der Waals surface area (Å²) < 4.78 is 59.7. The number of aromatic nitrogens is 2. The van der Waals surface area contributed by atoms with Gasteiger partial charge in [0, 0.05) is 13.1 Å². The Hall–Kier alpha value is -3.13. The minimum atomic E-state index is -4.99. The molecule has 9 nitrogen and oxygen atoms in total. The van der Waals surface area contributed by atoms with Crippen molar-refractivity contribution in [2.75, 3.05) is 12.3 Å². The van der Waals surface area contributed by atoms with E-state index in [0.717, 1.165) is 35.8 Å². The molecule has 2 heterocycles. The summed E-state index contributed by atoms with van der Waals surface area (Å²) in [6.07, 6.45) is -4.99. The van der Waals surface area contributed by atoms with Crippen LogP contribution >= 0.6 is 23.4 Å². The monoisotopic (exact) mass is 550 g/mol. The van der Waals surface area contributed by atoms with Crippen molar-refractivity contribution in [3.63, 3.8) is 0 Å². The third-order valence-electron chi connectivity index (χ3n) is 4.65. The zero-order valence-electron chi connectivity index (χ0n) is 19.3. The van der Waals surface area contributed by atoms with Crippen LogP contribution < -0.4 is 11.2 Å². The van der Waals surface area contributed by atoms with Crippen LogP contribution in [0.2, 0.25) is 5.02 Å². The number of carbonyl (C=O) groups is 2. The summed E-state index contributed by atoms with van der Waals surface area (Å²) in [5, 5.41) is -0.268. The molecule has 0 atom stereocenters. The zero-order valence-corrected chi connectivity index (χ0v) is 20.8. The fourth-order valence-corrected chi connectivity index (χ4v) is 4.23. The van der Waals surface area contributed by atoms with E-state index in [-0.39, 0.29) is 36.8 Å². The molecule has 0 N–H and O–H groups in total. The molecule has 1 saturated heterocycles. The highest BCUT2D eigenvalue weighted by molar-refractivity contribution is 8.15. The van der Waals surface area contributed by atoms with Crippen LogP contribution in [0.5, 0.6) is 0 Å². The Balaban J connectivity index is 2.08. The van der Waals surface area contributed by atoms with Crippen molar-refractivity contribution in [1.29, 1.82) is 0 Å². The van der Waals surface area contributed by atoms with Gasteiger partial charge < -0.3 is 4.74 Å². The first-order chi connectivity index (χ1) is 16.5. The molecular formula is C21H19ClF4N4O5S. The second kappa shape index (κ2) is 9.73. The van der Waals surface area contributed by atoms with Crippen molar-refractivity contribution < 1.29 is 31.9 Å². The molecular weight excluding hydrogens is 532 g/mol. The molecule has 194 valence electrons. The molecule has 1 aliphatic rings. The van der Waals surface area contributed by atoms with E-state index in [0.29, 0.717) is 0 Å². The molecule has 0 aliphatic carbocycles. The quantitative estimate of drug-likeness (QED) is 0.428. The Morgan fingerprint density at radius 2 is 1.81 bits per heavy atom. The number of thioether (sulfide) groups is 1. The maximum Gasteiger partial charge on any atom is 0.431 e. The smallest absolute Gasteiger partial charge is 0.431 e. The average Bonchev–Trinajstić information content (AvgIpc) is 3.05. The molecule has 1 aromatic heterocycles. The van der Waals surface area contributed by atoms with Crippen molar-refractivity contribution >= 4 is 46.1 Å². The molecule has 15 heteroatoms. The first kappa shape index (κ1) is 27.5. The number of nitrogens with zero attached hydrogens (tertiary/aromatic N) is 4. The lowest BCUT2D eigenvalue weighted by Crippen LogP contribution is -2.41. The van der Waals surface area contributed by atoms with Gasteiger partial charge in [-0.05, 0) is 32.9 Å². The molecule has 0 saturated carbocycles. The van der Waals surface area contributed by atoms with Gasteiger partial charge in [0.25, 0.3) is 5.56 Å². The normalized spacial score (nSPS) is 15.6. The SMILES string of the molecule is Cn1c(C(F)(F)F)cc(=O)n(-c2cc(N=C3SCC(=O)N3CC(=O)OC(C)(C)C)c(Cl)cc2F)c1=O. The summed E-state index contributed by atoms with van der Waals surface area (Å²) in [5.74, 6) is -2.41. The summed E-state index contributed by atoms with van der Waals surface area (Å²) in [5.41, 5.74) is -6.10. The topological polar surface area (TPSA) is 103 Å². The molecule has 36 heavy (non-hydrogen) atoms. The Bertz CT molecular complexity index is 1390. The van der Waals surface area contributed by atoms with E-state index in [1.54, 1.807) is 20.8 Å². The molecule has 2 aromatic rings. The van der Waals surface area contributed by atoms with Gasteiger partial charge >= 0.3 is 17.8 Å².